The van der Waals surface area contributed by atoms with E-state index >= 15 is 0 Å². The fraction of sp³-hybridized carbons (Fsp3) is 0. The summed E-state index contributed by atoms with van der Waals surface area (Å²) in [7, 11) is 0. The van der Waals surface area contributed by atoms with Crippen LogP contribution in [-0.2, 0) is 0 Å². The van der Waals surface area contributed by atoms with E-state index in [1.807, 2.05) is 4.98 Å². The summed E-state index contributed by atoms with van der Waals surface area (Å²) in [4.78, 5) is 42.3. The second-order valence-electron chi connectivity index (χ2n) is 4.06. The second-order valence-corrected chi connectivity index (χ2v) is 4.06. The number of aromatic amines is 2. The van der Waals surface area contributed by atoms with Gasteiger partial charge >= 0.3 is 5.69 Å². The number of carbonyl (C=O) groups excluding carboxylic acids is 1. The predicted molar refractivity (Wildman–Crippen MR) is 72.6 cm³/mol. The summed E-state index contributed by atoms with van der Waals surface area (Å²) < 4.78 is 1.38. The zero-order chi connectivity index (χ0) is 15.5. The Balaban J connectivity index is 1.80. The standard InChI is InChI=1S/C11H8N8O3/c20-9(15-7-3-13-11(22)16-10(7)21)6-1-2-8(18-17-6)19-5-12-4-14-19/h1-5H,(H,15,20)(H2,13,16,21,22). The molecular formula is C11H8N8O3. The molecule has 3 N–H and O–H groups in total. The van der Waals surface area contributed by atoms with Gasteiger partial charge in [0.1, 0.15) is 18.3 Å². The van der Waals surface area contributed by atoms with Crippen LogP contribution >= 0.6 is 0 Å². The van der Waals surface area contributed by atoms with E-state index in [1.54, 1.807) is 0 Å². The van der Waals surface area contributed by atoms with Crippen molar-refractivity contribution in [2.75, 3.05) is 5.32 Å². The minimum Gasteiger partial charge on any atom is -0.315 e. The maximum absolute atomic E-state index is 12.0. The Morgan fingerprint density at radius 3 is 2.73 bits per heavy atom. The first-order valence-corrected chi connectivity index (χ1v) is 5.95. The molecule has 0 aliphatic carbocycles. The molecule has 0 fully saturated rings. The van der Waals surface area contributed by atoms with Gasteiger partial charge in [-0.25, -0.2) is 14.5 Å². The molecular weight excluding hydrogens is 292 g/mol. The first-order chi connectivity index (χ1) is 10.6. The lowest BCUT2D eigenvalue weighted by Gasteiger charge is -2.03. The molecule has 0 radical (unpaired) electrons. The summed E-state index contributed by atoms with van der Waals surface area (Å²) in [5.41, 5.74) is -1.49. The number of hydrogen-bond donors (Lipinski definition) is 3. The molecule has 0 saturated heterocycles. The van der Waals surface area contributed by atoms with E-state index in [2.05, 4.69) is 30.6 Å². The lowest BCUT2D eigenvalue weighted by Crippen LogP contribution is -2.27. The fourth-order valence-electron chi connectivity index (χ4n) is 1.58. The Morgan fingerprint density at radius 1 is 1.23 bits per heavy atom. The molecule has 0 bridgehead atoms. The normalized spacial score (nSPS) is 10.4. The lowest BCUT2D eigenvalue weighted by atomic mass is 10.3. The van der Waals surface area contributed by atoms with Crippen LogP contribution in [0.4, 0.5) is 5.69 Å². The smallest absolute Gasteiger partial charge is 0.315 e. The molecule has 1 amide bonds. The topological polar surface area (TPSA) is 151 Å². The zero-order valence-corrected chi connectivity index (χ0v) is 10.8. The van der Waals surface area contributed by atoms with Gasteiger partial charge in [-0.3, -0.25) is 14.6 Å². The molecule has 11 heteroatoms. The van der Waals surface area contributed by atoms with Crippen LogP contribution in [0.2, 0.25) is 0 Å². The van der Waals surface area contributed by atoms with Gasteiger partial charge < -0.3 is 10.3 Å². The molecule has 0 atom stereocenters. The Morgan fingerprint density at radius 2 is 2.09 bits per heavy atom. The third kappa shape index (κ3) is 2.63. The molecule has 11 nitrogen and oxygen atoms in total. The molecule has 3 heterocycles. The van der Waals surface area contributed by atoms with Crippen LogP contribution in [-0.4, -0.2) is 40.8 Å². The Labute approximate surface area is 121 Å². The molecule has 3 aromatic rings. The van der Waals surface area contributed by atoms with Gasteiger partial charge in [-0.15, -0.1) is 10.2 Å². The molecule has 3 rings (SSSR count). The van der Waals surface area contributed by atoms with Crippen LogP contribution in [0.15, 0.2) is 40.6 Å². The van der Waals surface area contributed by atoms with Crippen molar-refractivity contribution in [3.05, 3.63) is 57.5 Å². The molecule has 22 heavy (non-hydrogen) atoms. The van der Waals surface area contributed by atoms with Crippen LogP contribution in [0.1, 0.15) is 10.5 Å². The Bertz CT molecular complexity index is 910. The number of anilines is 1. The molecule has 0 spiro atoms. The van der Waals surface area contributed by atoms with E-state index in [1.165, 1.54) is 29.5 Å². The summed E-state index contributed by atoms with van der Waals surface area (Å²) in [6.07, 6.45) is 3.87. The SMILES string of the molecule is O=C(Nc1c[nH]c(=O)[nH]c1=O)c1ccc(-n2cncn2)nn1. The number of H-pyrrole nitrogens is 2. The van der Waals surface area contributed by atoms with Crippen LogP contribution in [0.25, 0.3) is 5.82 Å². The van der Waals surface area contributed by atoms with Gasteiger partial charge in [0.2, 0.25) is 0 Å². The maximum Gasteiger partial charge on any atom is 0.325 e. The van der Waals surface area contributed by atoms with Crippen LogP contribution in [0.3, 0.4) is 0 Å². The summed E-state index contributed by atoms with van der Waals surface area (Å²) in [6, 6.07) is 2.94. The van der Waals surface area contributed by atoms with Crippen molar-refractivity contribution in [3.63, 3.8) is 0 Å². The minimum absolute atomic E-state index is 0.00512. The molecule has 3 aromatic heterocycles. The van der Waals surface area contributed by atoms with E-state index in [0.717, 1.165) is 6.20 Å². The van der Waals surface area contributed by atoms with Crippen molar-refractivity contribution in [1.82, 2.24) is 34.9 Å². The first-order valence-electron chi connectivity index (χ1n) is 5.95. The summed E-state index contributed by atoms with van der Waals surface area (Å²) in [6.45, 7) is 0. The van der Waals surface area contributed by atoms with E-state index in [4.69, 9.17) is 0 Å². The largest absolute Gasteiger partial charge is 0.325 e. The van der Waals surface area contributed by atoms with Crippen molar-refractivity contribution in [3.8, 4) is 5.82 Å². The second kappa shape index (κ2) is 5.40. The van der Waals surface area contributed by atoms with Gasteiger partial charge in [0.15, 0.2) is 11.5 Å². The summed E-state index contributed by atoms with van der Waals surface area (Å²) >= 11 is 0. The van der Waals surface area contributed by atoms with Gasteiger partial charge in [-0.05, 0) is 12.1 Å². The Kier molecular flexibility index (Phi) is 3.28. The van der Waals surface area contributed by atoms with Gasteiger partial charge in [0.05, 0.1) is 0 Å². The fourth-order valence-corrected chi connectivity index (χ4v) is 1.58. The monoisotopic (exact) mass is 300 g/mol. The lowest BCUT2D eigenvalue weighted by molar-refractivity contribution is 0.102. The molecule has 0 saturated carbocycles. The first kappa shape index (κ1) is 13.4. The van der Waals surface area contributed by atoms with E-state index < -0.39 is 17.2 Å². The number of nitrogens with one attached hydrogen (secondary N) is 3. The van der Waals surface area contributed by atoms with Gasteiger partial charge in [-0.2, -0.15) is 5.10 Å². The number of hydrogen-bond acceptors (Lipinski definition) is 7. The zero-order valence-electron chi connectivity index (χ0n) is 10.8. The van der Waals surface area contributed by atoms with Gasteiger partial charge in [0, 0.05) is 6.20 Å². The number of carbonyl (C=O) groups is 1. The van der Waals surface area contributed by atoms with Crippen molar-refractivity contribution in [1.29, 1.82) is 0 Å². The van der Waals surface area contributed by atoms with E-state index in [9.17, 15) is 14.4 Å². The van der Waals surface area contributed by atoms with Gasteiger partial charge in [0.25, 0.3) is 11.5 Å². The highest BCUT2D eigenvalue weighted by molar-refractivity contribution is 6.02. The molecule has 0 unspecified atom stereocenters. The predicted octanol–water partition coefficient (Wildman–Crippen LogP) is -1.31. The van der Waals surface area contributed by atoms with Crippen LogP contribution < -0.4 is 16.6 Å². The van der Waals surface area contributed by atoms with Crippen molar-refractivity contribution >= 4 is 11.6 Å². The van der Waals surface area contributed by atoms with Crippen LogP contribution in [0.5, 0.6) is 0 Å². The van der Waals surface area contributed by atoms with E-state index in [-0.39, 0.29) is 11.4 Å². The Hall–Kier alpha value is -3.63. The highest BCUT2D eigenvalue weighted by atomic mass is 16.2. The third-order valence-corrected chi connectivity index (χ3v) is 2.60. The number of amides is 1. The van der Waals surface area contributed by atoms with Crippen molar-refractivity contribution in [2.45, 2.75) is 0 Å². The quantitative estimate of drug-likeness (QED) is 0.542. The van der Waals surface area contributed by atoms with Crippen molar-refractivity contribution < 1.29 is 4.79 Å². The molecule has 0 aromatic carbocycles. The summed E-state index contributed by atoms with van der Waals surface area (Å²) in [5, 5.41) is 13.8. The molecule has 0 aliphatic rings. The highest BCUT2D eigenvalue weighted by Crippen LogP contribution is 2.03. The average Bonchev–Trinajstić information content (AvgIpc) is 3.04. The van der Waals surface area contributed by atoms with Crippen molar-refractivity contribution in [2.24, 2.45) is 0 Å². The number of rotatable bonds is 3. The maximum atomic E-state index is 12.0. The highest BCUT2D eigenvalue weighted by Gasteiger charge is 2.11. The molecule has 0 aliphatic heterocycles. The van der Waals surface area contributed by atoms with Gasteiger partial charge in [-0.1, -0.05) is 0 Å². The third-order valence-electron chi connectivity index (χ3n) is 2.60. The minimum atomic E-state index is -0.718. The number of nitrogens with zero attached hydrogens (tertiary/aromatic N) is 5. The number of aromatic nitrogens is 7. The van der Waals surface area contributed by atoms with E-state index in [0.29, 0.717) is 5.82 Å². The average molecular weight is 300 g/mol. The molecule has 110 valence electrons. The van der Waals surface area contributed by atoms with Crippen LogP contribution in [0, 0.1) is 0 Å². The summed E-state index contributed by atoms with van der Waals surface area (Å²) in [5.74, 6) is -0.258.